The molecule has 98 valence electrons. The molecule has 0 radical (unpaired) electrons. The van der Waals surface area contributed by atoms with Crippen molar-refractivity contribution in [3.8, 4) is 0 Å². The minimum atomic E-state index is -0.844. The molecule has 1 aromatic carbocycles. The summed E-state index contributed by atoms with van der Waals surface area (Å²) in [5, 5.41) is 8.96. The molecule has 0 aliphatic carbocycles. The summed E-state index contributed by atoms with van der Waals surface area (Å²) in [7, 11) is 0. The molecule has 1 aromatic rings. The van der Waals surface area contributed by atoms with Gasteiger partial charge in [-0.15, -0.1) is 0 Å². The Balaban J connectivity index is 2.00. The van der Waals surface area contributed by atoms with E-state index in [1.54, 1.807) is 6.07 Å². The van der Waals surface area contributed by atoms with Crippen LogP contribution in [0.15, 0.2) is 18.2 Å². The summed E-state index contributed by atoms with van der Waals surface area (Å²) >= 11 is 0. The van der Waals surface area contributed by atoms with Gasteiger partial charge in [0.15, 0.2) is 0 Å². The normalized spacial score (nSPS) is 15.4. The first-order chi connectivity index (χ1) is 8.70. The Kier molecular flexibility index (Phi) is 4.33. The number of fused-ring (bicyclic) bond motifs is 1. The molecule has 2 rings (SSSR count). The Hall–Kier alpha value is -1.39. The molecular weight excluding hydrogens is 228 g/mol. The lowest BCUT2D eigenvalue weighted by molar-refractivity contribution is 0.0696. The minimum Gasteiger partial charge on any atom is -0.478 e. The highest BCUT2D eigenvalue weighted by Gasteiger charge is 2.17. The summed E-state index contributed by atoms with van der Waals surface area (Å²) < 4.78 is 0. The molecule has 0 atom stereocenters. The predicted octanol–water partition coefficient (Wildman–Crippen LogP) is 1.48. The van der Waals surface area contributed by atoms with Gasteiger partial charge in [-0.05, 0) is 55.6 Å². The van der Waals surface area contributed by atoms with E-state index in [0.29, 0.717) is 5.56 Å². The summed E-state index contributed by atoms with van der Waals surface area (Å²) in [5.74, 6) is -0.844. The molecule has 3 N–H and O–H groups in total. The van der Waals surface area contributed by atoms with Gasteiger partial charge in [-0.2, -0.15) is 0 Å². The number of hydrogen-bond donors (Lipinski definition) is 2. The maximum absolute atomic E-state index is 10.9. The van der Waals surface area contributed by atoms with Crippen LogP contribution in [0.2, 0.25) is 0 Å². The fourth-order valence-corrected chi connectivity index (χ4v) is 2.42. The van der Waals surface area contributed by atoms with Gasteiger partial charge in [0.2, 0.25) is 0 Å². The van der Waals surface area contributed by atoms with Crippen molar-refractivity contribution >= 4 is 5.97 Å². The molecule has 18 heavy (non-hydrogen) atoms. The van der Waals surface area contributed by atoms with E-state index in [-0.39, 0.29) is 0 Å². The molecule has 0 saturated carbocycles. The average molecular weight is 248 g/mol. The van der Waals surface area contributed by atoms with Crippen molar-refractivity contribution in [1.82, 2.24) is 4.90 Å². The Labute approximate surface area is 107 Å². The van der Waals surface area contributed by atoms with Crippen molar-refractivity contribution in [3.05, 3.63) is 34.9 Å². The van der Waals surface area contributed by atoms with Crippen molar-refractivity contribution in [3.63, 3.8) is 0 Å². The van der Waals surface area contributed by atoms with Crippen molar-refractivity contribution in [2.75, 3.05) is 19.6 Å². The van der Waals surface area contributed by atoms with Gasteiger partial charge in [0.1, 0.15) is 0 Å². The number of hydrogen-bond acceptors (Lipinski definition) is 3. The van der Waals surface area contributed by atoms with Gasteiger partial charge in [-0.25, -0.2) is 4.79 Å². The number of nitrogens with two attached hydrogens (primary N) is 1. The van der Waals surface area contributed by atoms with Crippen molar-refractivity contribution < 1.29 is 9.90 Å². The van der Waals surface area contributed by atoms with Crippen LogP contribution in [0.1, 0.15) is 34.3 Å². The molecule has 1 aliphatic rings. The number of rotatable bonds is 5. The van der Waals surface area contributed by atoms with Gasteiger partial charge in [-0.3, -0.25) is 4.90 Å². The largest absolute Gasteiger partial charge is 0.478 e. The Morgan fingerprint density at radius 2 is 2.17 bits per heavy atom. The number of nitrogens with zero attached hydrogens (tertiary/aromatic N) is 1. The van der Waals surface area contributed by atoms with E-state index in [1.807, 2.05) is 12.1 Å². The van der Waals surface area contributed by atoms with E-state index in [0.717, 1.165) is 45.4 Å². The fourth-order valence-electron chi connectivity index (χ4n) is 2.42. The first-order valence-electron chi connectivity index (χ1n) is 6.48. The number of carbonyl (C=O) groups is 1. The topological polar surface area (TPSA) is 66.6 Å². The summed E-state index contributed by atoms with van der Waals surface area (Å²) in [5.41, 5.74) is 8.33. The predicted molar refractivity (Wildman–Crippen MR) is 70.7 cm³/mol. The standard InChI is InChI=1S/C14H20N2O2/c15-6-1-2-7-16-8-5-11-9-12(14(17)18)3-4-13(11)10-16/h3-4,9H,1-2,5-8,10,15H2,(H,17,18). The lowest BCUT2D eigenvalue weighted by Crippen LogP contribution is -2.31. The SMILES string of the molecule is NCCCCN1CCc2cc(C(=O)O)ccc2C1. The van der Waals surface area contributed by atoms with Crippen LogP contribution in [0.5, 0.6) is 0 Å². The zero-order valence-electron chi connectivity index (χ0n) is 10.6. The van der Waals surface area contributed by atoms with Crippen LogP contribution in [0.25, 0.3) is 0 Å². The third kappa shape index (κ3) is 3.09. The molecule has 0 saturated heterocycles. The lowest BCUT2D eigenvalue weighted by Gasteiger charge is -2.28. The van der Waals surface area contributed by atoms with E-state index in [1.165, 1.54) is 11.1 Å². The first-order valence-corrected chi connectivity index (χ1v) is 6.48. The molecule has 4 heteroatoms. The van der Waals surface area contributed by atoms with Gasteiger partial charge in [0.25, 0.3) is 0 Å². The molecule has 0 amide bonds. The number of benzene rings is 1. The highest BCUT2D eigenvalue weighted by Crippen LogP contribution is 2.20. The van der Waals surface area contributed by atoms with Crippen LogP contribution in [0.4, 0.5) is 0 Å². The van der Waals surface area contributed by atoms with Gasteiger partial charge >= 0.3 is 5.97 Å². The van der Waals surface area contributed by atoms with Gasteiger partial charge in [0, 0.05) is 13.1 Å². The van der Waals surface area contributed by atoms with Crippen LogP contribution in [0, 0.1) is 0 Å². The monoisotopic (exact) mass is 248 g/mol. The van der Waals surface area contributed by atoms with E-state index in [2.05, 4.69) is 4.90 Å². The van der Waals surface area contributed by atoms with Gasteiger partial charge in [0.05, 0.1) is 5.56 Å². The molecule has 0 fully saturated rings. The quantitative estimate of drug-likeness (QED) is 0.775. The van der Waals surface area contributed by atoms with Crippen LogP contribution in [-0.4, -0.2) is 35.6 Å². The molecule has 1 aliphatic heterocycles. The van der Waals surface area contributed by atoms with Crippen molar-refractivity contribution in [1.29, 1.82) is 0 Å². The minimum absolute atomic E-state index is 0.394. The maximum Gasteiger partial charge on any atom is 0.335 e. The number of carboxylic acids is 1. The zero-order valence-corrected chi connectivity index (χ0v) is 10.6. The highest BCUT2D eigenvalue weighted by molar-refractivity contribution is 5.87. The van der Waals surface area contributed by atoms with E-state index in [9.17, 15) is 4.79 Å². The third-order valence-corrected chi connectivity index (χ3v) is 3.47. The summed E-state index contributed by atoms with van der Waals surface area (Å²) in [6, 6.07) is 5.47. The second kappa shape index (κ2) is 5.98. The van der Waals surface area contributed by atoms with Crippen molar-refractivity contribution in [2.24, 2.45) is 5.73 Å². The molecule has 4 nitrogen and oxygen atoms in total. The zero-order chi connectivity index (χ0) is 13.0. The van der Waals surface area contributed by atoms with Gasteiger partial charge < -0.3 is 10.8 Å². The Morgan fingerprint density at radius 3 is 2.89 bits per heavy atom. The Morgan fingerprint density at radius 1 is 1.33 bits per heavy atom. The van der Waals surface area contributed by atoms with Crippen molar-refractivity contribution in [2.45, 2.75) is 25.8 Å². The van der Waals surface area contributed by atoms with E-state index < -0.39 is 5.97 Å². The number of unbranched alkanes of at least 4 members (excludes halogenated alkanes) is 1. The van der Waals surface area contributed by atoms with Gasteiger partial charge in [-0.1, -0.05) is 6.07 Å². The van der Waals surface area contributed by atoms with Crippen LogP contribution in [0.3, 0.4) is 0 Å². The first kappa shape index (κ1) is 13.1. The summed E-state index contributed by atoms with van der Waals surface area (Å²) in [6.07, 6.45) is 3.15. The van der Waals surface area contributed by atoms with E-state index in [4.69, 9.17) is 10.8 Å². The molecule has 0 unspecified atom stereocenters. The average Bonchev–Trinajstić information content (AvgIpc) is 2.38. The highest BCUT2D eigenvalue weighted by atomic mass is 16.4. The van der Waals surface area contributed by atoms with Crippen LogP contribution < -0.4 is 5.73 Å². The second-order valence-corrected chi connectivity index (χ2v) is 4.81. The fraction of sp³-hybridized carbons (Fsp3) is 0.500. The van der Waals surface area contributed by atoms with E-state index >= 15 is 0 Å². The number of carboxylic acid groups (broad SMARTS) is 1. The summed E-state index contributed by atoms with van der Waals surface area (Å²) in [4.78, 5) is 13.3. The number of aromatic carboxylic acids is 1. The van der Waals surface area contributed by atoms with Crippen LogP contribution >= 0.6 is 0 Å². The molecule has 0 aromatic heterocycles. The molecule has 0 bridgehead atoms. The molecule has 1 heterocycles. The van der Waals surface area contributed by atoms with Crippen LogP contribution in [-0.2, 0) is 13.0 Å². The third-order valence-electron chi connectivity index (χ3n) is 3.47. The maximum atomic E-state index is 10.9. The lowest BCUT2D eigenvalue weighted by atomic mass is 9.97. The smallest absolute Gasteiger partial charge is 0.335 e. The summed E-state index contributed by atoms with van der Waals surface area (Å²) in [6.45, 7) is 3.78. The Bertz CT molecular complexity index is 432. The molecule has 0 spiro atoms. The second-order valence-electron chi connectivity index (χ2n) is 4.81. The molecular formula is C14H20N2O2.